The summed E-state index contributed by atoms with van der Waals surface area (Å²) in [5.74, 6) is 0.310. The van der Waals surface area contributed by atoms with Gasteiger partial charge in [-0.2, -0.15) is 0 Å². The van der Waals surface area contributed by atoms with Gasteiger partial charge in [-0.15, -0.1) is 0 Å². The third kappa shape index (κ3) is 3.10. The van der Waals surface area contributed by atoms with Crippen molar-refractivity contribution in [3.63, 3.8) is 0 Å². The molecule has 2 aromatic rings. The van der Waals surface area contributed by atoms with Gasteiger partial charge in [0.1, 0.15) is 15.3 Å². The molecular weight excluding hydrogens is 212 g/mol. The van der Waals surface area contributed by atoms with Gasteiger partial charge in [0.15, 0.2) is 0 Å². The second-order valence-electron chi connectivity index (χ2n) is 3.44. The van der Waals surface area contributed by atoms with Crippen molar-refractivity contribution in [2.75, 3.05) is 0 Å². The molecule has 1 nitrogen and oxygen atoms in total. The maximum atomic E-state index is 9.30. The summed E-state index contributed by atoms with van der Waals surface area (Å²) in [7, 11) is 0.665. The molecule has 0 saturated carbocycles. The summed E-state index contributed by atoms with van der Waals surface area (Å²) in [5, 5.41) is 10.6. The van der Waals surface area contributed by atoms with Crippen LogP contribution in [0, 0.1) is 0 Å². The van der Waals surface area contributed by atoms with E-state index in [1.165, 1.54) is 5.19 Å². The van der Waals surface area contributed by atoms with E-state index < -0.39 is 0 Å². The lowest BCUT2D eigenvalue weighted by atomic mass is 10.2. The highest BCUT2D eigenvalue weighted by molar-refractivity contribution is 6.59. The topological polar surface area (TPSA) is 20.2 Å². The molecule has 78 valence electrons. The van der Waals surface area contributed by atoms with Crippen molar-refractivity contribution < 1.29 is 5.11 Å². The standard InChI is InChI=1S/C14H12OSi/c15-13-6-4-5-12(11-13)9-10-16-14-7-2-1-3-8-14/h1-11,15H/b10-9+. The molecule has 2 heteroatoms. The Balaban J connectivity index is 2.00. The highest BCUT2D eigenvalue weighted by Crippen LogP contribution is 2.11. The molecule has 0 aromatic heterocycles. The maximum Gasteiger partial charge on any atom is 0.116 e. The van der Waals surface area contributed by atoms with Crippen LogP contribution in [0.1, 0.15) is 5.56 Å². The summed E-state index contributed by atoms with van der Waals surface area (Å²) < 4.78 is 0. The third-order valence-electron chi connectivity index (χ3n) is 2.17. The van der Waals surface area contributed by atoms with E-state index in [2.05, 4.69) is 17.8 Å². The summed E-state index contributed by atoms with van der Waals surface area (Å²) in [6.45, 7) is 0. The summed E-state index contributed by atoms with van der Waals surface area (Å²) in [4.78, 5) is 0. The van der Waals surface area contributed by atoms with E-state index in [9.17, 15) is 5.11 Å². The van der Waals surface area contributed by atoms with E-state index >= 15 is 0 Å². The van der Waals surface area contributed by atoms with Crippen LogP contribution < -0.4 is 5.19 Å². The smallest absolute Gasteiger partial charge is 0.116 e. The van der Waals surface area contributed by atoms with Gasteiger partial charge in [-0.3, -0.25) is 0 Å². The average Bonchev–Trinajstić information content (AvgIpc) is 2.30. The zero-order valence-electron chi connectivity index (χ0n) is 8.80. The highest BCUT2D eigenvalue weighted by Gasteiger charge is 1.90. The molecule has 0 fully saturated rings. The first-order valence-electron chi connectivity index (χ1n) is 5.12. The Kier molecular flexibility index (Phi) is 3.56. The zero-order chi connectivity index (χ0) is 11.2. The van der Waals surface area contributed by atoms with Gasteiger partial charge in [0.25, 0.3) is 0 Å². The number of hydrogen-bond acceptors (Lipinski definition) is 1. The molecule has 1 N–H and O–H groups in total. The van der Waals surface area contributed by atoms with Crippen LogP contribution in [-0.4, -0.2) is 14.6 Å². The van der Waals surface area contributed by atoms with Gasteiger partial charge in [0.05, 0.1) is 0 Å². The van der Waals surface area contributed by atoms with Gasteiger partial charge >= 0.3 is 0 Å². The van der Waals surface area contributed by atoms with E-state index in [4.69, 9.17) is 0 Å². The second kappa shape index (κ2) is 5.33. The fourth-order valence-electron chi connectivity index (χ4n) is 1.40. The SMILES string of the molecule is Oc1cccc(/C=C/[Si]c2ccccc2)c1. The molecule has 0 saturated heterocycles. The normalized spacial score (nSPS) is 10.8. The zero-order valence-corrected chi connectivity index (χ0v) is 9.80. The molecular formula is C14H12OSi. The number of benzene rings is 2. The van der Waals surface area contributed by atoms with Crippen LogP contribution in [0.15, 0.2) is 60.3 Å². The molecule has 0 aliphatic heterocycles. The first-order chi connectivity index (χ1) is 7.84. The molecule has 2 rings (SSSR count). The van der Waals surface area contributed by atoms with E-state index in [0.717, 1.165) is 5.56 Å². The Morgan fingerprint density at radius 1 is 0.938 bits per heavy atom. The van der Waals surface area contributed by atoms with Gasteiger partial charge in [-0.25, -0.2) is 0 Å². The Hall–Kier alpha value is -1.80. The molecule has 0 heterocycles. The summed E-state index contributed by atoms with van der Waals surface area (Å²) in [6.07, 6.45) is 2.03. The van der Waals surface area contributed by atoms with Crippen LogP contribution in [0.25, 0.3) is 6.08 Å². The van der Waals surface area contributed by atoms with E-state index in [0.29, 0.717) is 15.3 Å². The fraction of sp³-hybridized carbons (Fsp3) is 0. The van der Waals surface area contributed by atoms with Crippen molar-refractivity contribution in [2.45, 2.75) is 0 Å². The lowest BCUT2D eigenvalue weighted by molar-refractivity contribution is 0.475. The lowest BCUT2D eigenvalue weighted by Crippen LogP contribution is -2.09. The van der Waals surface area contributed by atoms with Crippen LogP contribution in [0.5, 0.6) is 5.75 Å². The Morgan fingerprint density at radius 3 is 2.50 bits per heavy atom. The van der Waals surface area contributed by atoms with Gasteiger partial charge in [-0.05, 0) is 17.7 Å². The molecule has 0 aliphatic carbocycles. The molecule has 16 heavy (non-hydrogen) atoms. The molecule has 0 spiro atoms. The van der Waals surface area contributed by atoms with Crippen LogP contribution in [0.3, 0.4) is 0 Å². The maximum absolute atomic E-state index is 9.30. The Morgan fingerprint density at radius 2 is 1.75 bits per heavy atom. The minimum atomic E-state index is 0.310. The highest BCUT2D eigenvalue weighted by atomic mass is 28.2. The second-order valence-corrected chi connectivity index (χ2v) is 4.64. The van der Waals surface area contributed by atoms with Crippen molar-refractivity contribution in [1.82, 2.24) is 0 Å². The van der Waals surface area contributed by atoms with Gasteiger partial charge in [0, 0.05) is 0 Å². The number of hydrogen-bond donors (Lipinski definition) is 1. The van der Waals surface area contributed by atoms with Gasteiger partial charge in [-0.1, -0.05) is 59.4 Å². The lowest BCUT2D eigenvalue weighted by Gasteiger charge is -1.95. The quantitative estimate of drug-likeness (QED) is 0.794. The predicted molar refractivity (Wildman–Crippen MR) is 69.0 cm³/mol. The van der Waals surface area contributed by atoms with E-state index in [1.54, 1.807) is 12.1 Å². The van der Waals surface area contributed by atoms with Crippen molar-refractivity contribution >= 4 is 20.8 Å². The minimum Gasteiger partial charge on any atom is -0.508 e. The van der Waals surface area contributed by atoms with Gasteiger partial charge in [0.2, 0.25) is 0 Å². The summed E-state index contributed by atoms with van der Waals surface area (Å²) in [5.41, 5.74) is 3.16. The Labute approximate surface area is 97.9 Å². The van der Waals surface area contributed by atoms with E-state index in [-0.39, 0.29) is 0 Å². The average molecular weight is 224 g/mol. The van der Waals surface area contributed by atoms with Crippen LogP contribution in [0.2, 0.25) is 0 Å². The molecule has 0 unspecified atom stereocenters. The van der Waals surface area contributed by atoms with Crippen molar-refractivity contribution in [3.05, 3.63) is 65.9 Å². The Bertz CT molecular complexity index is 477. The number of phenolic OH excluding ortho intramolecular Hbond substituents is 1. The summed E-state index contributed by atoms with van der Waals surface area (Å²) >= 11 is 0. The van der Waals surface area contributed by atoms with Gasteiger partial charge < -0.3 is 5.11 Å². The van der Waals surface area contributed by atoms with Crippen molar-refractivity contribution in [2.24, 2.45) is 0 Å². The predicted octanol–water partition coefficient (Wildman–Crippen LogP) is 2.39. The van der Waals surface area contributed by atoms with Crippen LogP contribution in [0.4, 0.5) is 0 Å². The van der Waals surface area contributed by atoms with Crippen LogP contribution in [-0.2, 0) is 0 Å². The molecule has 0 atom stereocenters. The first-order valence-corrected chi connectivity index (χ1v) is 6.19. The molecule has 0 amide bonds. The van der Waals surface area contributed by atoms with E-state index in [1.807, 2.05) is 36.4 Å². The third-order valence-corrected chi connectivity index (χ3v) is 3.17. The number of aromatic hydroxyl groups is 1. The van der Waals surface area contributed by atoms with Crippen molar-refractivity contribution in [1.29, 1.82) is 0 Å². The molecule has 0 bridgehead atoms. The molecule has 2 aromatic carbocycles. The number of phenols is 1. The van der Waals surface area contributed by atoms with Crippen LogP contribution >= 0.6 is 0 Å². The van der Waals surface area contributed by atoms with Crippen molar-refractivity contribution in [3.8, 4) is 5.75 Å². The fourth-order valence-corrected chi connectivity index (χ4v) is 2.25. The largest absolute Gasteiger partial charge is 0.508 e. The minimum absolute atomic E-state index is 0.310. The molecule has 2 radical (unpaired) electrons. The number of rotatable bonds is 3. The molecule has 0 aliphatic rings. The monoisotopic (exact) mass is 224 g/mol. The first kappa shape index (κ1) is 10.7. The summed E-state index contributed by atoms with van der Waals surface area (Å²) in [6, 6.07) is 17.6.